The molecule has 3 rings (SSSR count). The number of benzene rings is 1. The largest absolute Gasteiger partial charge is 0.356 e. The molecular formula is C17H26N3OP. The molecule has 0 fully saturated rings. The normalized spacial score (nSPS) is 10.3. The van der Waals surface area contributed by atoms with Crippen molar-refractivity contribution in [1.82, 2.24) is 15.1 Å². The van der Waals surface area contributed by atoms with Crippen LogP contribution in [0.15, 0.2) is 29.0 Å². The van der Waals surface area contributed by atoms with Crippen molar-refractivity contribution in [2.24, 2.45) is 0 Å². The summed E-state index contributed by atoms with van der Waals surface area (Å²) < 4.78 is 5.36. The summed E-state index contributed by atoms with van der Waals surface area (Å²) in [6.45, 7) is 12.2. The molecule has 0 saturated carbocycles. The van der Waals surface area contributed by atoms with E-state index in [1.807, 2.05) is 40.0 Å². The first-order chi connectivity index (χ1) is 10.8. The molecule has 0 saturated heterocycles. The Morgan fingerprint density at radius 1 is 1.14 bits per heavy atom. The van der Waals surface area contributed by atoms with Gasteiger partial charge in [-0.3, -0.25) is 0 Å². The Labute approximate surface area is 134 Å². The maximum absolute atomic E-state index is 5.36. The molecule has 1 unspecified atom stereocenters. The first kappa shape index (κ1) is 18.4. The predicted octanol–water partition coefficient (Wildman–Crippen LogP) is 5.39. The standard InChI is InChI=1S/C13H14N3OP.2C2H6/c1-8-3-4-9(13-10(8)5-15-17-13)11-6-14-12(16-11)7-18-2;2*1-2/h3-6,18H,7H2,1-2H3,(H,14,16);2*1-2H3. The van der Waals surface area contributed by atoms with E-state index in [9.17, 15) is 0 Å². The Morgan fingerprint density at radius 2 is 1.86 bits per heavy atom. The average Bonchev–Trinajstić information content (AvgIpc) is 3.22. The Hall–Kier alpha value is -1.67. The number of nitrogens with one attached hydrogen (secondary N) is 1. The molecule has 4 nitrogen and oxygen atoms in total. The molecule has 0 spiro atoms. The summed E-state index contributed by atoms with van der Waals surface area (Å²) in [6, 6.07) is 4.13. The number of aromatic amines is 1. The van der Waals surface area contributed by atoms with Crippen LogP contribution in [-0.2, 0) is 6.16 Å². The highest BCUT2D eigenvalue weighted by molar-refractivity contribution is 7.36. The van der Waals surface area contributed by atoms with Crippen LogP contribution in [0.5, 0.6) is 0 Å². The van der Waals surface area contributed by atoms with Crippen LogP contribution in [0.25, 0.3) is 22.2 Å². The highest BCUT2D eigenvalue weighted by atomic mass is 31.1. The molecule has 22 heavy (non-hydrogen) atoms. The van der Waals surface area contributed by atoms with Gasteiger partial charge < -0.3 is 9.51 Å². The minimum Gasteiger partial charge on any atom is -0.356 e. The monoisotopic (exact) mass is 319 g/mol. The third-order valence-corrected chi connectivity index (χ3v) is 3.69. The fraction of sp³-hybridized carbons (Fsp3) is 0.412. The summed E-state index contributed by atoms with van der Waals surface area (Å²) >= 11 is 0. The Morgan fingerprint density at radius 3 is 2.55 bits per heavy atom. The summed E-state index contributed by atoms with van der Waals surface area (Å²) in [4.78, 5) is 7.73. The van der Waals surface area contributed by atoms with Crippen LogP contribution in [-0.4, -0.2) is 21.8 Å². The molecule has 2 heterocycles. The molecule has 0 radical (unpaired) electrons. The van der Waals surface area contributed by atoms with E-state index < -0.39 is 0 Å². The molecular weight excluding hydrogens is 293 g/mol. The Kier molecular flexibility index (Phi) is 7.83. The fourth-order valence-corrected chi connectivity index (χ4v) is 2.57. The van der Waals surface area contributed by atoms with E-state index in [-0.39, 0.29) is 0 Å². The zero-order valence-electron chi connectivity index (χ0n) is 14.3. The van der Waals surface area contributed by atoms with E-state index in [4.69, 9.17) is 4.52 Å². The van der Waals surface area contributed by atoms with Gasteiger partial charge >= 0.3 is 0 Å². The topological polar surface area (TPSA) is 54.7 Å². The molecule has 1 N–H and O–H groups in total. The van der Waals surface area contributed by atoms with Gasteiger partial charge in [-0.2, -0.15) is 0 Å². The van der Waals surface area contributed by atoms with E-state index in [1.165, 1.54) is 5.56 Å². The number of aryl methyl sites for hydroxylation is 1. The number of hydrogen-bond donors (Lipinski definition) is 1. The third kappa shape index (κ3) is 3.95. The van der Waals surface area contributed by atoms with E-state index in [2.05, 4.69) is 34.8 Å². The number of hydrogen-bond acceptors (Lipinski definition) is 3. The third-order valence-electron chi connectivity index (χ3n) is 3.00. The summed E-state index contributed by atoms with van der Waals surface area (Å²) in [5.41, 5.74) is 4.00. The quantitative estimate of drug-likeness (QED) is 0.659. The van der Waals surface area contributed by atoms with Gasteiger partial charge in [-0.25, -0.2) is 4.98 Å². The van der Waals surface area contributed by atoms with Gasteiger partial charge in [0.1, 0.15) is 5.82 Å². The average molecular weight is 319 g/mol. The highest BCUT2D eigenvalue weighted by Crippen LogP contribution is 2.29. The number of nitrogens with zero attached hydrogens (tertiary/aromatic N) is 2. The minimum atomic E-state index is 0.823. The molecule has 1 atom stereocenters. The van der Waals surface area contributed by atoms with Gasteiger partial charge in [0.15, 0.2) is 5.58 Å². The number of imidazole rings is 1. The van der Waals surface area contributed by atoms with Crippen molar-refractivity contribution in [3.8, 4) is 11.3 Å². The fourth-order valence-electron chi connectivity index (χ4n) is 2.06. The molecule has 3 aromatic rings. The number of rotatable bonds is 3. The van der Waals surface area contributed by atoms with Crippen LogP contribution in [0.4, 0.5) is 0 Å². The Bertz CT molecular complexity index is 688. The van der Waals surface area contributed by atoms with Gasteiger partial charge in [-0.15, -0.1) is 8.58 Å². The molecule has 0 aliphatic heterocycles. The van der Waals surface area contributed by atoms with Crippen molar-refractivity contribution in [3.63, 3.8) is 0 Å². The van der Waals surface area contributed by atoms with Crippen molar-refractivity contribution < 1.29 is 4.52 Å². The lowest BCUT2D eigenvalue weighted by Crippen LogP contribution is -1.83. The summed E-state index contributed by atoms with van der Waals surface area (Å²) in [5.74, 6) is 1.03. The molecule has 1 aromatic carbocycles. The van der Waals surface area contributed by atoms with Crippen LogP contribution in [0.2, 0.25) is 0 Å². The lowest BCUT2D eigenvalue weighted by molar-refractivity contribution is 0.457. The summed E-state index contributed by atoms with van der Waals surface area (Å²) in [6.07, 6.45) is 4.62. The van der Waals surface area contributed by atoms with Crippen molar-refractivity contribution in [2.75, 3.05) is 6.66 Å². The van der Waals surface area contributed by atoms with Crippen LogP contribution >= 0.6 is 8.58 Å². The van der Waals surface area contributed by atoms with Crippen molar-refractivity contribution in [1.29, 1.82) is 0 Å². The molecule has 0 aliphatic carbocycles. The van der Waals surface area contributed by atoms with E-state index in [1.54, 1.807) is 6.20 Å². The molecule has 2 aromatic heterocycles. The highest BCUT2D eigenvalue weighted by Gasteiger charge is 2.12. The lowest BCUT2D eigenvalue weighted by atomic mass is 10.1. The zero-order valence-corrected chi connectivity index (χ0v) is 15.3. The van der Waals surface area contributed by atoms with E-state index >= 15 is 0 Å². The molecule has 0 bridgehead atoms. The minimum absolute atomic E-state index is 0.823. The van der Waals surface area contributed by atoms with Gasteiger partial charge in [0.05, 0.1) is 18.1 Å². The SMILES string of the molecule is CC.CC.CPCc1ncc(-c2ccc(C)c3cnoc23)[nH]1. The molecule has 120 valence electrons. The second-order valence-electron chi connectivity index (χ2n) is 4.27. The van der Waals surface area contributed by atoms with E-state index in [0.717, 1.165) is 42.8 Å². The van der Waals surface area contributed by atoms with Crippen molar-refractivity contribution >= 4 is 19.5 Å². The van der Waals surface area contributed by atoms with Gasteiger partial charge in [0, 0.05) is 17.1 Å². The second kappa shape index (κ2) is 9.37. The van der Waals surface area contributed by atoms with Gasteiger partial charge in [0.2, 0.25) is 0 Å². The van der Waals surface area contributed by atoms with Gasteiger partial charge in [-0.05, 0) is 25.2 Å². The van der Waals surface area contributed by atoms with Crippen LogP contribution in [0.1, 0.15) is 39.1 Å². The van der Waals surface area contributed by atoms with E-state index in [0.29, 0.717) is 0 Å². The first-order valence-corrected chi connectivity index (χ1v) is 9.53. The summed E-state index contributed by atoms with van der Waals surface area (Å²) in [5, 5.41) is 4.94. The van der Waals surface area contributed by atoms with Gasteiger partial charge in [0.25, 0.3) is 0 Å². The maximum Gasteiger partial charge on any atom is 0.176 e. The van der Waals surface area contributed by atoms with Crippen LogP contribution in [0.3, 0.4) is 0 Å². The summed E-state index contributed by atoms with van der Waals surface area (Å²) in [7, 11) is 0.862. The lowest BCUT2D eigenvalue weighted by Gasteiger charge is -2.00. The van der Waals surface area contributed by atoms with Crippen LogP contribution in [0, 0.1) is 6.92 Å². The predicted molar refractivity (Wildman–Crippen MR) is 97.0 cm³/mol. The van der Waals surface area contributed by atoms with Crippen molar-refractivity contribution in [3.05, 3.63) is 35.9 Å². The van der Waals surface area contributed by atoms with Crippen molar-refractivity contribution in [2.45, 2.75) is 40.8 Å². The Balaban J connectivity index is 0.000000561. The smallest absolute Gasteiger partial charge is 0.176 e. The first-order valence-electron chi connectivity index (χ1n) is 7.82. The van der Waals surface area contributed by atoms with Crippen LogP contribution < -0.4 is 0 Å². The second-order valence-corrected chi connectivity index (χ2v) is 5.33. The number of H-pyrrole nitrogens is 1. The zero-order chi connectivity index (χ0) is 16.5. The van der Waals surface area contributed by atoms with Gasteiger partial charge in [-0.1, -0.05) is 38.9 Å². The molecule has 0 amide bonds. The molecule has 0 aliphatic rings. The molecule has 5 heteroatoms. The number of aromatic nitrogens is 3. The maximum atomic E-state index is 5.36. The number of fused-ring (bicyclic) bond motifs is 1.